The number of hydrogen-bond acceptors (Lipinski definition) is 5. The van der Waals surface area contributed by atoms with Gasteiger partial charge < -0.3 is 5.73 Å². The highest BCUT2D eigenvalue weighted by atomic mass is 16.6. The summed E-state index contributed by atoms with van der Waals surface area (Å²) in [5.74, 6) is 0.287. The molecule has 0 atom stereocenters. The number of hydrogen-bond donors (Lipinski definition) is 1. The van der Waals surface area contributed by atoms with E-state index < -0.39 is 4.92 Å². The second-order valence-corrected chi connectivity index (χ2v) is 5.68. The Kier molecular flexibility index (Phi) is 3.21. The van der Waals surface area contributed by atoms with Gasteiger partial charge in [0.25, 0.3) is 5.69 Å². The number of nitrogens with two attached hydrogens (primary N) is 1. The molecule has 0 saturated carbocycles. The first-order chi connectivity index (χ1) is 9.23. The van der Waals surface area contributed by atoms with Gasteiger partial charge in [-0.05, 0) is 12.5 Å². The largest absolute Gasteiger partial charge is 0.381 e. The number of nitrogen functional groups attached to an aromatic ring is 1. The first-order valence-corrected chi connectivity index (χ1v) is 6.19. The number of anilines is 1. The third-order valence-corrected chi connectivity index (χ3v) is 3.03. The van der Waals surface area contributed by atoms with Crippen LogP contribution in [0.25, 0.3) is 5.69 Å². The fourth-order valence-electron chi connectivity index (χ4n) is 2.22. The number of para-hydroxylation sites is 1. The molecule has 0 bridgehead atoms. The van der Waals surface area contributed by atoms with Crippen LogP contribution in [0.4, 0.5) is 11.5 Å². The molecule has 0 saturated heterocycles. The summed E-state index contributed by atoms with van der Waals surface area (Å²) in [5, 5.41) is 19.1. The topological polar surface area (TPSA) is 99.9 Å². The van der Waals surface area contributed by atoms with Crippen molar-refractivity contribution in [2.75, 3.05) is 5.73 Å². The molecule has 20 heavy (non-hydrogen) atoms. The predicted molar refractivity (Wildman–Crippen MR) is 75.9 cm³/mol. The molecule has 106 valence electrons. The standard InChI is InChI=1S/C13H17N5O2/c1-8-6-5-7-9(18(19)20)10(8)17-11(13(2,3)4)12(14)15-16-17/h5-7H,14H2,1-4H3. The maximum absolute atomic E-state index is 11.2. The second-order valence-electron chi connectivity index (χ2n) is 5.68. The van der Waals surface area contributed by atoms with Crippen molar-refractivity contribution >= 4 is 11.5 Å². The van der Waals surface area contributed by atoms with Crippen LogP contribution in [-0.2, 0) is 5.41 Å². The molecule has 0 fully saturated rings. The Bertz CT molecular complexity index is 670. The normalized spacial score (nSPS) is 11.6. The fraction of sp³-hybridized carbons (Fsp3) is 0.385. The summed E-state index contributed by atoms with van der Waals surface area (Å²) in [4.78, 5) is 10.8. The summed E-state index contributed by atoms with van der Waals surface area (Å²) in [7, 11) is 0. The van der Waals surface area contributed by atoms with E-state index in [0.29, 0.717) is 11.4 Å². The van der Waals surface area contributed by atoms with Crippen LogP contribution in [-0.4, -0.2) is 19.9 Å². The van der Waals surface area contributed by atoms with Gasteiger partial charge in [-0.1, -0.05) is 38.1 Å². The second kappa shape index (κ2) is 4.59. The van der Waals surface area contributed by atoms with Gasteiger partial charge in [0.05, 0.1) is 10.6 Å². The zero-order valence-electron chi connectivity index (χ0n) is 11.9. The lowest BCUT2D eigenvalue weighted by molar-refractivity contribution is -0.384. The Hall–Kier alpha value is -2.44. The molecule has 0 amide bonds. The van der Waals surface area contributed by atoms with E-state index >= 15 is 0 Å². The van der Waals surface area contributed by atoms with Crippen LogP contribution in [0.15, 0.2) is 18.2 Å². The number of nitro groups is 1. The van der Waals surface area contributed by atoms with Crippen molar-refractivity contribution in [3.05, 3.63) is 39.6 Å². The van der Waals surface area contributed by atoms with Crippen LogP contribution in [0.5, 0.6) is 0 Å². The first-order valence-electron chi connectivity index (χ1n) is 6.19. The molecular weight excluding hydrogens is 258 g/mol. The van der Waals surface area contributed by atoms with Gasteiger partial charge in [0.1, 0.15) is 5.69 Å². The minimum Gasteiger partial charge on any atom is -0.381 e. The van der Waals surface area contributed by atoms with Gasteiger partial charge >= 0.3 is 0 Å². The van der Waals surface area contributed by atoms with Crippen molar-refractivity contribution in [1.82, 2.24) is 15.0 Å². The van der Waals surface area contributed by atoms with E-state index in [2.05, 4.69) is 10.3 Å². The Morgan fingerprint density at radius 2 is 2.00 bits per heavy atom. The zero-order valence-corrected chi connectivity index (χ0v) is 11.9. The van der Waals surface area contributed by atoms with Crippen LogP contribution in [0.1, 0.15) is 32.0 Å². The molecule has 0 unspecified atom stereocenters. The highest BCUT2D eigenvalue weighted by molar-refractivity contribution is 5.59. The van der Waals surface area contributed by atoms with Crippen molar-refractivity contribution in [1.29, 1.82) is 0 Å². The molecule has 0 spiro atoms. The van der Waals surface area contributed by atoms with E-state index in [9.17, 15) is 10.1 Å². The Balaban J connectivity index is 2.80. The van der Waals surface area contributed by atoms with Crippen molar-refractivity contribution in [2.24, 2.45) is 0 Å². The van der Waals surface area contributed by atoms with Crippen molar-refractivity contribution in [3.63, 3.8) is 0 Å². The van der Waals surface area contributed by atoms with E-state index in [4.69, 9.17) is 5.73 Å². The summed E-state index contributed by atoms with van der Waals surface area (Å²) >= 11 is 0. The number of benzene rings is 1. The van der Waals surface area contributed by atoms with Crippen LogP contribution in [0.2, 0.25) is 0 Å². The molecule has 1 aromatic heterocycles. The third-order valence-electron chi connectivity index (χ3n) is 3.03. The number of nitrogens with zero attached hydrogens (tertiary/aromatic N) is 4. The Morgan fingerprint density at radius 3 is 2.55 bits per heavy atom. The molecule has 7 nitrogen and oxygen atoms in total. The number of rotatable bonds is 2. The van der Waals surface area contributed by atoms with Gasteiger partial charge in [-0.2, -0.15) is 0 Å². The summed E-state index contributed by atoms with van der Waals surface area (Å²) in [6.45, 7) is 7.68. The molecule has 0 aliphatic heterocycles. The quantitative estimate of drug-likeness (QED) is 0.669. The lowest BCUT2D eigenvalue weighted by atomic mass is 9.91. The van der Waals surface area contributed by atoms with Crippen LogP contribution >= 0.6 is 0 Å². The van der Waals surface area contributed by atoms with Gasteiger partial charge in [0, 0.05) is 11.5 Å². The molecule has 0 radical (unpaired) electrons. The van der Waals surface area contributed by atoms with Crippen LogP contribution in [0.3, 0.4) is 0 Å². The summed E-state index contributed by atoms with van der Waals surface area (Å²) in [6.07, 6.45) is 0. The highest BCUT2D eigenvalue weighted by Gasteiger charge is 2.29. The zero-order chi connectivity index (χ0) is 15.1. The van der Waals surface area contributed by atoms with Crippen molar-refractivity contribution in [3.8, 4) is 5.69 Å². The van der Waals surface area contributed by atoms with Gasteiger partial charge in [-0.15, -0.1) is 5.10 Å². The lowest BCUT2D eigenvalue weighted by Crippen LogP contribution is -2.20. The maximum atomic E-state index is 11.2. The Labute approximate surface area is 116 Å². The van der Waals surface area contributed by atoms with Gasteiger partial charge in [-0.25, -0.2) is 4.68 Å². The monoisotopic (exact) mass is 275 g/mol. The van der Waals surface area contributed by atoms with E-state index in [0.717, 1.165) is 5.56 Å². The molecule has 1 heterocycles. The Morgan fingerprint density at radius 1 is 1.35 bits per heavy atom. The molecular formula is C13H17N5O2. The van der Waals surface area contributed by atoms with E-state index in [1.165, 1.54) is 10.7 Å². The molecule has 2 rings (SSSR count). The number of aromatic nitrogens is 3. The third kappa shape index (κ3) is 2.22. The van der Waals surface area contributed by atoms with Crippen LogP contribution in [0, 0.1) is 17.0 Å². The van der Waals surface area contributed by atoms with Crippen LogP contribution < -0.4 is 5.73 Å². The summed E-state index contributed by atoms with van der Waals surface area (Å²) in [6, 6.07) is 4.90. The summed E-state index contributed by atoms with van der Waals surface area (Å²) < 4.78 is 1.48. The maximum Gasteiger partial charge on any atom is 0.295 e. The van der Waals surface area contributed by atoms with E-state index in [1.54, 1.807) is 19.1 Å². The minimum absolute atomic E-state index is 0.0135. The van der Waals surface area contributed by atoms with Gasteiger partial charge in [0.2, 0.25) is 0 Å². The smallest absolute Gasteiger partial charge is 0.295 e. The number of aryl methyl sites for hydroxylation is 1. The SMILES string of the molecule is Cc1cccc([N+](=O)[O-])c1-n1nnc(N)c1C(C)(C)C. The molecule has 7 heteroatoms. The highest BCUT2D eigenvalue weighted by Crippen LogP contribution is 2.33. The minimum atomic E-state index is -0.424. The first kappa shape index (κ1) is 14.0. The molecule has 2 N–H and O–H groups in total. The number of nitro benzene ring substituents is 1. The fourth-order valence-corrected chi connectivity index (χ4v) is 2.22. The molecule has 1 aromatic carbocycles. The molecule has 0 aliphatic rings. The van der Waals surface area contributed by atoms with Gasteiger partial charge in [0.15, 0.2) is 5.82 Å². The average molecular weight is 275 g/mol. The van der Waals surface area contributed by atoms with Crippen molar-refractivity contribution < 1.29 is 4.92 Å². The average Bonchev–Trinajstić information content (AvgIpc) is 2.70. The molecule has 0 aliphatic carbocycles. The lowest BCUT2D eigenvalue weighted by Gasteiger charge is -2.20. The van der Waals surface area contributed by atoms with Crippen molar-refractivity contribution in [2.45, 2.75) is 33.1 Å². The molecule has 2 aromatic rings. The summed E-state index contributed by atoms with van der Waals surface area (Å²) in [5.41, 5.74) is 7.35. The predicted octanol–water partition coefficient (Wildman–Crippen LogP) is 2.36. The van der Waals surface area contributed by atoms with E-state index in [1.807, 2.05) is 20.8 Å². The van der Waals surface area contributed by atoms with E-state index in [-0.39, 0.29) is 16.9 Å². The van der Waals surface area contributed by atoms with Gasteiger partial charge in [-0.3, -0.25) is 10.1 Å².